The molecule has 0 aromatic carbocycles. The third-order valence-corrected chi connectivity index (χ3v) is 3.25. The molecule has 18 heavy (non-hydrogen) atoms. The molecule has 1 fully saturated rings. The number of carboxylic acid groups (broad SMARTS) is 1. The van der Waals surface area contributed by atoms with Gasteiger partial charge in [-0.3, -0.25) is 9.59 Å². The van der Waals surface area contributed by atoms with Crippen LogP contribution in [0.15, 0.2) is 0 Å². The molecule has 5 heteroatoms. The number of nitrogens with one attached hydrogen (secondary N) is 1. The summed E-state index contributed by atoms with van der Waals surface area (Å²) in [6.07, 6.45) is 4.59. The Labute approximate surface area is 108 Å². The van der Waals surface area contributed by atoms with E-state index in [-0.39, 0.29) is 11.9 Å². The molecule has 0 aromatic rings. The number of aliphatic carboxylic acids is 1. The molecule has 1 aliphatic rings. The summed E-state index contributed by atoms with van der Waals surface area (Å²) in [7, 11) is 0. The van der Waals surface area contributed by atoms with Crippen LogP contribution in [-0.2, 0) is 14.3 Å². The van der Waals surface area contributed by atoms with Gasteiger partial charge in [-0.25, -0.2) is 0 Å². The van der Waals surface area contributed by atoms with Crippen LogP contribution in [0.3, 0.4) is 0 Å². The first-order valence-electron chi connectivity index (χ1n) is 6.75. The Morgan fingerprint density at radius 2 is 2.00 bits per heavy atom. The van der Waals surface area contributed by atoms with Crippen molar-refractivity contribution in [3.05, 3.63) is 0 Å². The van der Waals surface area contributed by atoms with E-state index in [2.05, 4.69) is 5.32 Å². The van der Waals surface area contributed by atoms with E-state index in [4.69, 9.17) is 9.84 Å². The first-order valence-corrected chi connectivity index (χ1v) is 6.75. The highest BCUT2D eigenvalue weighted by atomic mass is 16.5. The lowest BCUT2D eigenvalue weighted by molar-refractivity contribution is -0.144. The number of carbonyl (C=O) groups is 2. The highest BCUT2D eigenvalue weighted by molar-refractivity contribution is 5.78. The average molecular weight is 257 g/mol. The minimum atomic E-state index is -0.803. The van der Waals surface area contributed by atoms with E-state index in [0.717, 1.165) is 25.7 Å². The number of hydrogen-bond acceptors (Lipinski definition) is 3. The summed E-state index contributed by atoms with van der Waals surface area (Å²) in [5, 5.41) is 11.9. The average Bonchev–Trinajstić information content (AvgIpc) is 2.35. The Morgan fingerprint density at radius 1 is 1.28 bits per heavy atom. The molecule has 0 spiro atoms. The van der Waals surface area contributed by atoms with Gasteiger partial charge in [0.25, 0.3) is 0 Å². The van der Waals surface area contributed by atoms with Crippen LogP contribution in [0.4, 0.5) is 0 Å². The van der Waals surface area contributed by atoms with Crippen molar-refractivity contribution in [2.75, 3.05) is 13.2 Å². The Bertz CT molecular complexity index is 280. The molecular weight excluding hydrogens is 234 g/mol. The van der Waals surface area contributed by atoms with Crippen molar-refractivity contribution in [1.29, 1.82) is 0 Å². The minimum Gasteiger partial charge on any atom is -0.481 e. The first kappa shape index (κ1) is 15.0. The molecule has 104 valence electrons. The topological polar surface area (TPSA) is 75.6 Å². The minimum absolute atomic E-state index is 0.107. The van der Waals surface area contributed by atoms with Crippen molar-refractivity contribution >= 4 is 11.9 Å². The highest BCUT2D eigenvalue weighted by Gasteiger charge is 2.31. The normalized spacial score (nSPS) is 23.6. The summed E-state index contributed by atoms with van der Waals surface area (Å²) in [6, 6.07) is -0.213. The molecule has 1 amide bonds. The quantitative estimate of drug-likeness (QED) is 0.679. The molecule has 2 unspecified atom stereocenters. The van der Waals surface area contributed by atoms with Gasteiger partial charge in [0, 0.05) is 19.1 Å². The summed E-state index contributed by atoms with van der Waals surface area (Å²) in [5.41, 5.74) is 0. The number of hydrogen-bond donors (Lipinski definition) is 2. The number of ether oxygens (including phenoxy) is 1. The number of amides is 1. The van der Waals surface area contributed by atoms with Gasteiger partial charge in [0.15, 0.2) is 0 Å². The fraction of sp³-hybridized carbons (Fsp3) is 0.846. The molecule has 2 N–H and O–H groups in total. The third-order valence-electron chi connectivity index (χ3n) is 3.25. The Balaban J connectivity index is 2.30. The summed E-state index contributed by atoms with van der Waals surface area (Å²) < 4.78 is 5.24. The van der Waals surface area contributed by atoms with Crippen LogP contribution in [0.25, 0.3) is 0 Å². The fourth-order valence-corrected chi connectivity index (χ4v) is 2.29. The third kappa shape index (κ3) is 5.04. The van der Waals surface area contributed by atoms with Crippen molar-refractivity contribution in [3.63, 3.8) is 0 Å². The second kappa shape index (κ2) is 8.08. The lowest BCUT2D eigenvalue weighted by atomic mass is 9.84. The Hall–Kier alpha value is -1.10. The van der Waals surface area contributed by atoms with Gasteiger partial charge < -0.3 is 15.2 Å². The smallest absolute Gasteiger partial charge is 0.308 e. The molecule has 1 saturated carbocycles. The zero-order chi connectivity index (χ0) is 13.4. The van der Waals surface area contributed by atoms with Gasteiger partial charge in [-0.1, -0.05) is 19.8 Å². The second-order valence-electron chi connectivity index (χ2n) is 4.77. The standard InChI is InChI=1S/C13H23NO4/c1-2-8-18-9-7-12(15)14-11-6-4-3-5-10(11)13(16)17/h10-11H,2-9H2,1H3,(H,14,15)(H,16,17). The molecule has 1 rings (SSSR count). The van der Waals surface area contributed by atoms with Crippen LogP contribution < -0.4 is 5.32 Å². The summed E-state index contributed by atoms with van der Waals surface area (Å²) in [5.74, 6) is -1.34. The van der Waals surface area contributed by atoms with Crippen molar-refractivity contribution in [1.82, 2.24) is 5.32 Å². The van der Waals surface area contributed by atoms with Crippen molar-refractivity contribution in [2.24, 2.45) is 5.92 Å². The lowest BCUT2D eigenvalue weighted by Crippen LogP contribution is -2.45. The maximum atomic E-state index is 11.7. The molecule has 0 heterocycles. The van der Waals surface area contributed by atoms with Crippen LogP contribution in [0.1, 0.15) is 45.4 Å². The van der Waals surface area contributed by atoms with E-state index in [1.54, 1.807) is 0 Å². The van der Waals surface area contributed by atoms with Crippen molar-refractivity contribution in [2.45, 2.75) is 51.5 Å². The van der Waals surface area contributed by atoms with E-state index >= 15 is 0 Å². The van der Waals surface area contributed by atoms with E-state index in [9.17, 15) is 9.59 Å². The fourth-order valence-electron chi connectivity index (χ4n) is 2.29. The van der Waals surface area contributed by atoms with Crippen molar-refractivity contribution in [3.8, 4) is 0 Å². The SMILES string of the molecule is CCCOCCC(=O)NC1CCCCC1C(=O)O. The van der Waals surface area contributed by atoms with Crippen LogP contribution in [0.2, 0.25) is 0 Å². The van der Waals surface area contributed by atoms with Crippen LogP contribution in [0, 0.1) is 5.92 Å². The molecule has 5 nitrogen and oxygen atoms in total. The monoisotopic (exact) mass is 257 g/mol. The zero-order valence-corrected chi connectivity index (χ0v) is 11.0. The Kier molecular flexibility index (Phi) is 6.72. The molecule has 0 aromatic heterocycles. The van der Waals surface area contributed by atoms with Crippen LogP contribution in [-0.4, -0.2) is 36.2 Å². The van der Waals surface area contributed by atoms with Gasteiger partial charge in [-0.2, -0.15) is 0 Å². The molecule has 2 atom stereocenters. The molecule has 0 bridgehead atoms. The van der Waals surface area contributed by atoms with Gasteiger partial charge >= 0.3 is 5.97 Å². The van der Waals surface area contributed by atoms with Crippen LogP contribution in [0.5, 0.6) is 0 Å². The highest BCUT2D eigenvalue weighted by Crippen LogP contribution is 2.24. The molecular formula is C13H23NO4. The maximum Gasteiger partial charge on any atom is 0.308 e. The lowest BCUT2D eigenvalue weighted by Gasteiger charge is -2.29. The second-order valence-corrected chi connectivity index (χ2v) is 4.77. The largest absolute Gasteiger partial charge is 0.481 e. The van der Waals surface area contributed by atoms with Gasteiger partial charge in [0.05, 0.1) is 12.5 Å². The molecule has 1 aliphatic carbocycles. The first-order chi connectivity index (χ1) is 8.65. The van der Waals surface area contributed by atoms with Gasteiger partial charge in [0.1, 0.15) is 0 Å². The Morgan fingerprint density at radius 3 is 2.67 bits per heavy atom. The number of carbonyl (C=O) groups excluding carboxylic acids is 1. The van der Waals surface area contributed by atoms with E-state index in [0.29, 0.717) is 26.1 Å². The predicted octanol–water partition coefficient (Wildman–Crippen LogP) is 1.56. The molecule has 0 saturated heterocycles. The van der Waals surface area contributed by atoms with Crippen molar-refractivity contribution < 1.29 is 19.4 Å². The number of rotatable bonds is 7. The summed E-state index contributed by atoms with van der Waals surface area (Å²) >= 11 is 0. The summed E-state index contributed by atoms with van der Waals surface area (Å²) in [4.78, 5) is 22.7. The zero-order valence-electron chi connectivity index (χ0n) is 11.0. The molecule has 0 aliphatic heterocycles. The van der Waals surface area contributed by atoms with Gasteiger partial charge in [0.2, 0.25) is 5.91 Å². The predicted molar refractivity (Wildman–Crippen MR) is 67.3 cm³/mol. The molecule has 0 radical (unpaired) electrons. The van der Waals surface area contributed by atoms with Gasteiger partial charge in [-0.05, 0) is 19.3 Å². The maximum absolute atomic E-state index is 11.7. The van der Waals surface area contributed by atoms with E-state index in [1.807, 2.05) is 6.92 Å². The van der Waals surface area contributed by atoms with Crippen LogP contribution >= 0.6 is 0 Å². The number of carboxylic acids is 1. The van der Waals surface area contributed by atoms with E-state index < -0.39 is 11.9 Å². The van der Waals surface area contributed by atoms with Gasteiger partial charge in [-0.15, -0.1) is 0 Å². The summed E-state index contributed by atoms with van der Waals surface area (Å²) in [6.45, 7) is 3.08. The van der Waals surface area contributed by atoms with E-state index in [1.165, 1.54) is 0 Å².